The number of nitrogens with one attached hydrogen (secondary N) is 2. The van der Waals surface area contributed by atoms with E-state index in [0.717, 1.165) is 27.6 Å². The van der Waals surface area contributed by atoms with Crippen LogP contribution >= 0.6 is 11.8 Å². The van der Waals surface area contributed by atoms with Gasteiger partial charge in [-0.25, -0.2) is 4.98 Å². The SMILES string of the molecule is COc1ccccc1-c1nc(NC(=O)c2ccc(SCc3cn4ccccc4n3)cc2)n[nH]1. The molecule has 1 amide bonds. The standard InChI is InChI=1S/C24H20N6O2S/c1-32-20-7-3-2-6-19(20)22-26-24(29-28-22)27-23(31)16-9-11-18(12-10-16)33-15-17-14-30-13-5-4-8-21(30)25-17/h2-14H,15H2,1H3,(H2,26,27,28,29,31). The summed E-state index contributed by atoms with van der Waals surface area (Å²) in [6.07, 6.45) is 4.01. The van der Waals surface area contributed by atoms with Gasteiger partial charge in [-0.3, -0.25) is 15.2 Å². The predicted octanol–water partition coefficient (Wildman–Crippen LogP) is 4.67. The van der Waals surface area contributed by atoms with Crippen molar-refractivity contribution in [3.05, 3.63) is 90.4 Å². The number of H-pyrrole nitrogens is 1. The lowest BCUT2D eigenvalue weighted by molar-refractivity contribution is 0.102. The largest absolute Gasteiger partial charge is 0.496 e. The molecule has 3 heterocycles. The monoisotopic (exact) mass is 456 g/mol. The molecule has 0 unspecified atom stereocenters. The minimum atomic E-state index is -0.280. The fourth-order valence-electron chi connectivity index (χ4n) is 3.37. The molecule has 0 saturated carbocycles. The van der Waals surface area contributed by atoms with Crippen LogP contribution in [-0.2, 0) is 5.75 Å². The van der Waals surface area contributed by atoms with Gasteiger partial charge in [-0.05, 0) is 48.5 Å². The van der Waals surface area contributed by atoms with Crippen LogP contribution < -0.4 is 10.1 Å². The highest BCUT2D eigenvalue weighted by molar-refractivity contribution is 7.98. The molecule has 8 nitrogen and oxygen atoms in total. The summed E-state index contributed by atoms with van der Waals surface area (Å²) in [6, 6.07) is 20.8. The molecule has 5 rings (SSSR count). The van der Waals surface area contributed by atoms with Crippen molar-refractivity contribution in [1.82, 2.24) is 24.6 Å². The van der Waals surface area contributed by atoms with Crippen molar-refractivity contribution in [2.45, 2.75) is 10.6 Å². The first-order chi connectivity index (χ1) is 16.2. The quantitative estimate of drug-likeness (QED) is 0.345. The maximum Gasteiger partial charge on any atom is 0.258 e. The first kappa shape index (κ1) is 20.8. The third kappa shape index (κ3) is 4.58. The molecule has 0 spiro atoms. The molecule has 2 N–H and O–H groups in total. The number of imidazole rings is 1. The number of nitrogens with zero attached hydrogens (tertiary/aromatic N) is 4. The Balaban J connectivity index is 1.21. The van der Waals surface area contributed by atoms with Crippen LogP contribution in [0.5, 0.6) is 5.75 Å². The summed E-state index contributed by atoms with van der Waals surface area (Å²) in [6.45, 7) is 0. The van der Waals surface area contributed by atoms with Gasteiger partial charge >= 0.3 is 0 Å². The van der Waals surface area contributed by atoms with Gasteiger partial charge in [0.1, 0.15) is 11.4 Å². The lowest BCUT2D eigenvalue weighted by Gasteiger charge is -2.04. The van der Waals surface area contributed by atoms with Gasteiger partial charge in [0.05, 0.1) is 18.4 Å². The van der Waals surface area contributed by atoms with Crippen LogP contribution in [0, 0.1) is 0 Å². The third-order valence-corrected chi connectivity index (χ3v) is 6.04. The topological polar surface area (TPSA) is 97.2 Å². The lowest BCUT2D eigenvalue weighted by atomic mass is 10.2. The Bertz CT molecular complexity index is 1380. The summed E-state index contributed by atoms with van der Waals surface area (Å²) in [7, 11) is 1.59. The van der Waals surface area contributed by atoms with Crippen LogP contribution in [0.4, 0.5) is 5.95 Å². The van der Waals surface area contributed by atoms with Gasteiger partial charge in [0.25, 0.3) is 5.91 Å². The number of benzene rings is 2. The van der Waals surface area contributed by atoms with E-state index < -0.39 is 0 Å². The van der Waals surface area contributed by atoms with Crippen molar-refractivity contribution < 1.29 is 9.53 Å². The van der Waals surface area contributed by atoms with Crippen LogP contribution in [-0.4, -0.2) is 37.6 Å². The highest BCUT2D eigenvalue weighted by Crippen LogP contribution is 2.27. The van der Waals surface area contributed by atoms with Gasteiger partial charge < -0.3 is 9.14 Å². The van der Waals surface area contributed by atoms with Gasteiger partial charge in [0.15, 0.2) is 5.82 Å². The summed E-state index contributed by atoms with van der Waals surface area (Å²) < 4.78 is 7.36. The van der Waals surface area contributed by atoms with E-state index >= 15 is 0 Å². The number of carbonyl (C=O) groups is 1. The third-order valence-electron chi connectivity index (χ3n) is 4.99. The molecule has 0 aliphatic heterocycles. The average Bonchev–Trinajstić information content (AvgIpc) is 3.49. The van der Waals surface area contributed by atoms with Gasteiger partial charge in [-0.15, -0.1) is 16.9 Å². The van der Waals surface area contributed by atoms with Crippen molar-refractivity contribution in [3.8, 4) is 17.1 Å². The number of anilines is 1. The molecule has 9 heteroatoms. The van der Waals surface area contributed by atoms with E-state index in [1.165, 1.54) is 0 Å². The van der Waals surface area contributed by atoms with E-state index in [1.807, 2.05) is 71.4 Å². The minimum Gasteiger partial charge on any atom is -0.496 e. The molecule has 0 radical (unpaired) electrons. The maximum absolute atomic E-state index is 12.6. The Morgan fingerprint density at radius 2 is 1.88 bits per heavy atom. The van der Waals surface area contributed by atoms with Crippen LogP contribution in [0.25, 0.3) is 17.0 Å². The first-order valence-electron chi connectivity index (χ1n) is 10.2. The second-order valence-corrected chi connectivity index (χ2v) is 8.22. The summed E-state index contributed by atoms with van der Waals surface area (Å²) in [5.74, 6) is 1.85. The molecule has 5 aromatic rings. The smallest absolute Gasteiger partial charge is 0.258 e. The molecule has 164 valence electrons. The number of thioether (sulfide) groups is 1. The summed E-state index contributed by atoms with van der Waals surface area (Å²) in [4.78, 5) is 22.6. The summed E-state index contributed by atoms with van der Waals surface area (Å²) in [5, 5.41) is 9.66. The fraction of sp³-hybridized carbons (Fsp3) is 0.0833. The Hall–Kier alpha value is -4.11. The van der Waals surface area contributed by atoms with Crippen LogP contribution in [0.15, 0.2) is 84.0 Å². The second-order valence-electron chi connectivity index (χ2n) is 7.17. The molecule has 0 fully saturated rings. The number of carbonyl (C=O) groups excluding carboxylic acids is 1. The molecule has 2 aromatic carbocycles. The molecular weight excluding hydrogens is 436 g/mol. The number of rotatable bonds is 7. The highest BCUT2D eigenvalue weighted by atomic mass is 32.2. The van der Waals surface area contributed by atoms with Crippen LogP contribution in [0.2, 0.25) is 0 Å². The number of pyridine rings is 1. The van der Waals surface area contributed by atoms with Crippen molar-refractivity contribution in [1.29, 1.82) is 0 Å². The average molecular weight is 457 g/mol. The molecule has 0 saturated heterocycles. The zero-order valence-corrected chi connectivity index (χ0v) is 18.5. The molecule has 0 bridgehead atoms. The Morgan fingerprint density at radius 3 is 2.70 bits per heavy atom. The Kier molecular flexibility index (Phi) is 5.77. The summed E-state index contributed by atoms with van der Waals surface area (Å²) in [5.41, 5.74) is 3.22. The van der Waals surface area contributed by atoms with Crippen molar-refractivity contribution >= 4 is 29.3 Å². The van der Waals surface area contributed by atoms with E-state index in [1.54, 1.807) is 31.0 Å². The summed E-state index contributed by atoms with van der Waals surface area (Å²) >= 11 is 1.67. The van der Waals surface area contributed by atoms with Gasteiger partial charge in [-0.1, -0.05) is 18.2 Å². The number of hydrogen-bond donors (Lipinski definition) is 2. The van der Waals surface area contributed by atoms with Crippen LogP contribution in [0.1, 0.15) is 16.1 Å². The molecule has 3 aromatic heterocycles. The van der Waals surface area contributed by atoms with E-state index in [0.29, 0.717) is 17.1 Å². The van der Waals surface area contributed by atoms with Crippen molar-refractivity contribution in [2.75, 3.05) is 12.4 Å². The Morgan fingerprint density at radius 1 is 1.06 bits per heavy atom. The molecular formula is C24H20N6O2S. The highest BCUT2D eigenvalue weighted by Gasteiger charge is 2.13. The Labute approximate surface area is 194 Å². The van der Waals surface area contributed by atoms with Crippen molar-refractivity contribution in [2.24, 2.45) is 0 Å². The predicted molar refractivity (Wildman–Crippen MR) is 128 cm³/mol. The van der Waals surface area contributed by atoms with E-state index in [4.69, 9.17) is 4.74 Å². The number of fused-ring (bicyclic) bond motifs is 1. The fourth-order valence-corrected chi connectivity index (χ4v) is 4.15. The molecule has 33 heavy (non-hydrogen) atoms. The number of aromatic amines is 1. The zero-order chi connectivity index (χ0) is 22.6. The number of hydrogen-bond acceptors (Lipinski definition) is 6. The molecule has 0 atom stereocenters. The van der Waals surface area contributed by atoms with Crippen LogP contribution in [0.3, 0.4) is 0 Å². The number of aromatic nitrogens is 5. The van der Waals surface area contributed by atoms with Gasteiger partial charge in [0.2, 0.25) is 5.95 Å². The zero-order valence-electron chi connectivity index (χ0n) is 17.7. The second kappa shape index (κ2) is 9.17. The normalized spacial score (nSPS) is 10.9. The molecule has 0 aliphatic carbocycles. The number of para-hydroxylation sites is 1. The first-order valence-corrected chi connectivity index (χ1v) is 11.2. The number of methoxy groups -OCH3 is 1. The van der Waals surface area contributed by atoms with Crippen molar-refractivity contribution in [3.63, 3.8) is 0 Å². The number of amides is 1. The number of ether oxygens (including phenoxy) is 1. The lowest BCUT2D eigenvalue weighted by Crippen LogP contribution is -2.12. The van der Waals surface area contributed by atoms with Gasteiger partial charge in [-0.2, -0.15) is 4.98 Å². The van der Waals surface area contributed by atoms with E-state index in [9.17, 15) is 4.79 Å². The van der Waals surface area contributed by atoms with Gasteiger partial charge in [0, 0.05) is 28.6 Å². The van der Waals surface area contributed by atoms with E-state index in [-0.39, 0.29) is 11.9 Å². The molecule has 0 aliphatic rings. The minimum absolute atomic E-state index is 0.200. The van der Waals surface area contributed by atoms with E-state index in [2.05, 4.69) is 25.5 Å². The maximum atomic E-state index is 12.6.